The molecule has 2 aromatic carbocycles. The van der Waals surface area contributed by atoms with Crippen molar-refractivity contribution in [3.05, 3.63) is 53.1 Å². The molecular formula is C18H18ClNO4. The summed E-state index contributed by atoms with van der Waals surface area (Å²) in [7, 11) is 0. The summed E-state index contributed by atoms with van der Waals surface area (Å²) < 4.78 is 16.1. The minimum atomic E-state index is -0.0373. The molecule has 24 heavy (non-hydrogen) atoms. The monoisotopic (exact) mass is 347 g/mol. The fourth-order valence-electron chi connectivity index (χ4n) is 2.32. The Morgan fingerprint density at radius 3 is 2.75 bits per heavy atom. The van der Waals surface area contributed by atoms with E-state index in [1.54, 1.807) is 24.3 Å². The molecule has 5 nitrogen and oxygen atoms in total. The van der Waals surface area contributed by atoms with Crippen LogP contribution in [-0.4, -0.2) is 25.9 Å². The van der Waals surface area contributed by atoms with Gasteiger partial charge >= 0.3 is 0 Å². The van der Waals surface area contributed by atoms with Crippen LogP contribution in [0.1, 0.15) is 12.0 Å². The number of nitrogens with one attached hydrogen (secondary N) is 1. The van der Waals surface area contributed by atoms with Gasteiger partial charge < -0.3 is 19.5 Å². The van der Waals surface area contributed by atoms with Crippen LogP contribution in [0.15, 0.2) is 42.5 Å². The molecule has 1 N–H and O–H groups in total. The third kappa shape index (κ3) is 4.55. The topological polar surface area (TPSA) is 56.8 Å². The lowest BCUT2D eigenvalue weighted by Gasteiger charge is -2.08. The predicted molar refractivity (Wildman–Crippen MR) is 90.8 cm³/mol. The molecule has 0 aliphatic carbocycles. The first-order chi connectivity index (χ1) is 11.7. The van der Waals surface area contributed by atoms with Crippen molar-refractivity contribution < 1.29 is 19.0 Å². The van der Waals surface area contributed by atoms with Crippen LogP contribution in [0.4, 0.5) is 0 Å². The highest BCUT2D eigenvalue weighted by atomic mass is 35.5. The van der Waals surface area contributed by atoms with Crippen molar-refractivity contribution in [2.75, 3.05) is 19.9 Å². The number of rotatable bonds is 7. The van der Waals surface area contributed by atoms with Gasteiger partial charge in [0.25, 0.3) is 0 Å². The lowest BCUT2D eigenvalue weighted by Crippen LogP contribution is -2.27. The third-order valence-corrected chi connectivity index (χ3v) is 3.84. The lowest BCUT2D eigenvalue weighted by atomic mass is 10.1. The summed E-state index contributed by atoms with van der Waals surface area (Å²) in [4.78, 5) is 11.8. The summed E-state index contributed by atoms with van der Waals surface area (Å²) in [5, 5.41) is 3.54. The summed E-state index contributed by atoms with van der Waals surface area (Å²) in [6.07, 6.45) is 1.05. The number of halogens is 1. The van der Waals surface area contributed by atoms with Gasteiger partial charge in [-0.05, 0) is 48.4 Å². The fourth-order valence-corrected chi connectivity index (χ4v) is 2.45. The molecule has 1 aliphatic heterocycles. The zero-order valence-corrected chi connectivity index (χ0v) is 13.8. The molecule has 6 heteroatoms. The molecule has 0 unspecified atom stereocenters. The van der Waals surface area contributed by atoms with E-state index in [-0.39, 0.29) is 12.7 Å². The lowest BCUT2D eigenvalue weighted by molar-refractivity contribution is -0.121. The van der Waals surface area contributed by atoms with Gasteiger partial charge in [-0.2, -0.15) is 0 Å². The average Bonchev–Trinajstić information content (AvgIpc) is 3.04. The number of benzene rings is 2. The molecule has 0 aromatic heterocycles. The van der Waals surface area contributed by atoms with Gasteiger partial charge in [0, 0.05) is 11.6 Å². The second-order valence-electron chi connectivity index (χ2n) is 5.34. The van der Waals surface area contributed by atoms with Crippen LogP contribution in [0.25, 0.3) is 0 Å². The molecule has 3 rings (SSSR count). The van der Waals surface area contributed by atoms with E-state index in [2.05, 4.69) is 5.32 Å². The van der Waals surface area contributed by atoms with Crippen LogP contribution in [0, 0.1) is 0 Å². The molecule has 0 fully saturated rings. The smallest absolute Gasteiger partial charge is 0.231 e. The van der Waals surface area contributed by atoms with Crippen LogP contribution in [0.5, 0.6) is 17.2 Å². The molecular weight excluding hydrogens is 330 g/mol. The van der Waals surface area contributed by atoms with Gasteiger partial charge in [-0.1, -0.05) is 17.7 Å². The molecule has 1 heterocycles. The van der Waals surface area contributed by atoms with Crippen molar-refractivity contribution >= 4 is 17.5 Å². The second-order valence-corrected chi connectivity index (χ2v) is 5.78. The van der Waals surface area contributed by atoms with Gasteiger partial charge in [0.1, 0.15) is 5.75 Å². The molecule has 2 aromatic rings. The van der Waals surface area contributed by atoms with Crippen molar-refractivity contribution in [2.24, 2.45) is 0 Å². The molecule has 0 radical (unpaired) electrons. The maximum Gasteiger partial charge on any atom is 0.231 e. The van der Waals surface area contributed by atoms with Crippen LogP contribution in [0.3, 0.4) is 0 Å². The van der Waals surface area contributed by atoms with Gasteiger partial charge in [-0.3, -0.25) is 4.79 Å². The normalized spacial score (nSPS) is 12.0. The van der Waals surface area contributed by atoms with E-state index in [0.29, 0.717) is 30.3 Å². The fraction of sp³-hybridized carbons (Fsp3) is 0.278. The average molecular weight is 348 g/mol. The Morgan fingerprint density at radius 2 is 1.92 bits per heavy atom. The zero-order valence-electron chi connectivity index (χ0n) is 13.1. The largest absolute Gasteiger partial charge is 0.493 e. The minimum Gasteiger partial charge on any atom is -0.493 e. The summed E-state index contributed by atoms with van der Waals surface area (Å²) in [5.74, 6) is 2.19. The minimum absolute atomic E-state index is 0.0373. The van der Waals surface area contributed by atoms with Crippen LogP contribution >= 0.6 is 11.6 Å². The molecule has 1 aliphatic rings. The Morgan fingerprint density at radius 1 is 1.12 bits per heavy atom. The van der Waals surface area contributed by atoms with Crippen LogP contribution in [-0.2, 0) is 11.2 Å². The highest BCUT2D eigenvalue weighted by molar-refractivity contribution is 6.30. The van der Waals surface area contributed by atoms with E-state index in [0.717, 1.165) is 23.5 Å². The Balaban J connectivity index is 1.34. The van der Waals surface area contributed by atoms with Crippen molar-refractivity contribution in [1.29, 1.82) is 0 Å². The SMILES string of the molecule is O=C(CCOc1ccc(Cl)cc1)NCCc1ccc2c(c1)OCO2. The van der Waals surface area contributed by atoms with Gasteiger partial charge in [-0.15, -0.1) is 0 Å². The van der Waals surface area contributed by atoms with E-state index in [1.807, 2.05) is 18.2 Å². The molecule has 0 spiro atoms. The van der Waals surface area contributed by atoms with Gasteiger partial charge in [-0.25, -0.2) is 0 Å². The molecule has 0 atom stereocenters. The molecule has 0 bridgehead atoms. The number of carbonyl (C=O) groups is 1. The first-order valence-electron chi connectivity index (χ1n) is 7.74. The Bertz CT molecular complexity index is 703. The maximum atomic E-state index is 11.8. The number of ether oxygens (including phenoxy) is 3. The number of hydrogen-bond donors (Lipinski definition) is 1. The van der Waals surface area contributed by atoms with Crippen molar-refractivity contribution in [2.45, 2.75) is 12.8 Å². The first kappa shape index (κ1) is 16.5. The summed E-state index contributed by atoms with van der Waals surface area (Å²) in [5.41, 5.74) is 1.09. The maximum absolute atomic E-state index is 11.8. The Hall–Kier alpha value is -2.40. The number of carbonyl (C=O) groups excluding carboxylic acids is 1. The summed E-state index contributed by atoms with van der Waals surface area (Å²) in [6, 6.07) is 12.9. The van der Waals surface area contributed by atoms with Crippen molar-refractivity contribution in [3.8, 4) is 17.2 Å². The van der Waals surface area contributed by atoms with Crippen molar-refractivity contribution in [3.63, 3.8) is 0 Å². The highest BCUT2D eigenvalue weighted by Gasteiger charge is 2.13. The van der Waals surface area contributed by atoms with E-state index in [1.165, 1.54) is 0 Å². The highest BCUT2D eigenvalue weighted by Crippen LogP contribution is 2.32. The molecule has 0 saturated heterocycles. The number of fused-ring (bicyclic) bond motifs is 1. The molecule has 126 valence electrons. The van der Waals surface area contributed by atoms with Crippen LogP contribution in [0.2, 0.25) is 5.02 Å². The standard InChI is InChI=1S/C18H18ClNO4/c19-14-2-4-15(5-3-14)22-10-8-18(21)20-9-7-13-1-6-16-17(11-13)24-12-23-16/h1-6,11H,7-10,12H2,(H,20,21). The number of hydrogen-bond acceptors (Lipinski definition) is 4. The second kappa shape index (κ2) is 7.93. The van der Waals surface area contributed by atoms with E-state index in [9.17, 15) is 4.79 Å². The van der Waals surface area contributed by atoms with Gasteiger partial charge in [0.15, 0.2) is 11.5 Å². The first-order valence-corrected chi connectivity index (χ1v) is 8.12. The quantitative estimate of drug-likeness (QED) is 0.835. The molecule has 0 saturated carbocycles. The van der Waals surface area contributed by atoms with Gasteiger partial charge in [0.2, 0.25) is 12.7 Å². The Kier molecular flexibility index (Phi) is 5.43. The van der Waals surface area contributed by atoms with Crippen LogP contribution < -0.4 is 19.5 Å². The zero-order chi connectivity index (χ0) is 16.8. The molecule has 1 amide bonds. The van der Waals surface area contributed by atoms with E-state index >= 15 is 0 Å². The van der Waals surface area contributed by atoms with Crippen molar-refractivity contribution in [1.82, 2.24) is 5.32 Å². The summed E-state index contributed by atoms with van der Waals surface area (Å²) >= 11 is 5.80. The predicted octanol–water partition coefficient (Wildman–Crippen LogP) is 3.20. The van der Waals surface area contributed by atoms with E-state index < -0.39 is 0 Å². The number of amides is 1. The van der Waals surface area contributed by atoms with Gasteiger partial charge in [0.05, 0.1) is 13.0 Å². The Labute approximate surface area is 145 Å². The summed E-state index contributed by atoms with van der Waals surface area (Å²) in [6.45, 7) is 1.17. The van der Waals surface area contributed by atoms with E-state index in [4.69, 9.17) is 25.8 Å². The third-order valence-electron chi connectivity index (χ3n) is 3.58.